The summed E-state index contributed by atoms with van der Waals surface area (Å²) >= 11 is 0. The standard InChI is InChI=1S/C43H71N7O11/c1-28(2)25-32(48-33(51)30(44)26-29-17-13-12-14-18-29)34(52)47-31(19-15-16-21-45-37(55)59-40(3,4)5)35(53)50-23-20-43(27-50,49-39(57)61-42(9,10)11)36(54)58-24-22-46-38(56)60-41(6,7)8/h12-14,17-18,28,30-32H,15-16,19-27,44H2,1-11H3,(H,45,55)(H,46,56)(H,47,52)(H,48,51)(H,49,57)/t30-,31-,32-,43?/m1/s1. The highest BCUT2D eigenvalue weighted by atomic mass is 16.6. The maximum Gasteiger partial charge on any atom is 0.408 e. The number of carbonyl (C=O) groups is 7. The Bertz CT molecular complexity index is 1640. The molecule has 1 unspecified atom stereocenters. The molecule has 1 heterocycles. The lowest BCUT2D eigenvalue weighted by Gasteiger charge is -2.31. The molecule has 1 fully saturated rings. The molecular formula is C43H71N7O11. The molecule has 0 aliphatic carbocycles. The maximum absolute atomic E-state index is 14.4. The Labute approximate surface area is 360 Å². The summed E-state index contributed by atoms with van der Waals surface area (Å²) in [5, 5.41) is 13.4. The molecule has 0 aromatic heterocycles. The second-order valence-electron chi connectivity index (χ2n) is 18.8. The number of carbonyl (C=O) groups excluding carboxylic acids is 7. The van der Waals surface area contributed by atoms with Gasteiger partial charge in [0.15, 0.2) is 5.54 Å². The lowest BCUT2D eigenvalue weighted by Crippen LogP contribution is -2.60. The van der Waals surface area contributed by atoms with E-state index in [0.29, 0.717) is 12.8 Å². The summed E-state index contributed by atoms with van der Waals surface area (Å²) in [6.07, 6.45) is -0.848. The van der Waals surface area contributed by atoms with Gasteiger partial charge in [0.1, 0.15) is 35.5 Å². The molecule has 2 rings (SSSR count). The van der Waals surface area contributed by atoms with Gasteiger partial charge in [-0.15, -0.1) is 0 Å². The van der Waals surface area contributed by atoms with E-state index in [4.69, 9.17) is 24.7 Å². The minimum atomic E-state index is -1.74. The van der Waals surface area contributed by atoms with Crippen LogP contribution in [0.3, 0.4) is 0 Å². The molecule has 18 nitrogen and oxygen atoms in total. The average Bonchev–Trinajstić information content (AvgIpc) is 3.54. The van der Waals surface area contributed by atoms with Crippen molar-refractivity contribution in [1.82, 2.24) is 31.5 Å². The van der Waals surface area contributed by atoms with Crippen molar-refractivity contribution < 1.29 is 52.5 Å². The third kappa shape index (κ3) is 20.3. The number of benzene rings is 1. The third-order valence-corrected chi connectivity index (χ3v) is 8.89. The van der Waals surface area contributed by atoms with E-state index >= 15 is 0 Å². The number of amides is 6. The monoisotopic (exact) mass is 862 g/mol. The first kappa shape index (κ1) is 52.0. The highest BCUT2D eigenvalue weighted by molar-refractivity contribution is 5.94. The van der Waals surface area contributed by atoms with Gasteiger partial charge in [-0.1, -0.05) is 44.2 Å². The molecule has 1 aliphatic rings. The fraction of sp³-hybridized carbons (Fsp3) is 0.698. The van der Waals surface area contributed by atoms with Crippen LogP contribution >= 0.6 is 0 Å². The molecule has 0 bridgehead atoms. The number of ether oxygens (including phenoxy) is 4. The topological polar surface area (TPSA) is 246 Å². The number of nitrogens with zero attached hydrogens (tertiary/aromatic N) is 1. The van der Waals surface area contributed by atoms with Crippen molar-refractivity contribution in [3.63, 3.8) is 0 Å². The SMILES string of the molecule is CC(C)C[C@@H](NC(=O)[C@H](N)Cc1ccccc1)C(=O)N[C@H](CCCCNC(=O)OC(C)(C)C)C(=O)N1CCC(NC(=O)OC(C)(C)C)(C(=O)OCCNC(=O)OC(C)(C)C)C1. The number of nitrogens with one attached hydrogen (secondary N) is 5. The van der Waals surface area contributed by atoms with Crippen molar-refractivity contribution in [2.45, 2.75) is 155 Å². The lowest BCUT2D eigenvalue weighted by atomic mass is 9.99. The van der Waals surface area contributed by atoms with Crippen LogP contribution in [0.4, 0.5) is 14.4 Å². The van der Waals surface area contributed by atoms with Crippen LogP contribution in [0.2, 0.25) is 0 Å². The highest BCUT2D eigenvalue weighted by Gasteiger charge is 2.50. The molecule has 1 aromatic rings. The average molecular weight is 862 g/mol. The fourth-order valence-corrected chi connectivity index (χ4v) is 6.24. The van der Waals surface area contributed by atoms with Crippen LogP contribution in [0.1, 0.15) is 114 Å². The van der Waals surface area contributed by atoms with Crippen LogP contribution in [0, 0.1) is 5.92 Å². The summed E-state index contributed by atoms with van der Waals surface area (Å²) in [6, 6.07) is 6.13. The Morgan fingerprint density at radius 1 is 0.738 bits per heavy atom. The summed E-state index contributed by atoms with van der Waals surface area (Å²) in [7, 11) is 0. The van der Waals surface area contributed by atoms with Gasteiger partial charge in [-0.2, -0.15) is 0 Å². The first-order valence-corrected chi connectivity index (χ1v) is 21.0. The van der Waals surface area contributed by atoms with Crippen LogP contribution < -0.4 is 32.3 Å². The Morgan fingerprint density at radius 3 is 1.84 bits per heavy atom. The Hall–Kier alpha value is -5.13. The highest BCUT2D eigenvalue weighted by Crippen LogP contribution is 2.26. The van der Waals surface area contributed by atoms with Crippen LogP contribution in [0.15, 0.2) is 30.3 Å². The van der Waals surface area contributed by atoms with Gasteiger partial charge >= 0.3 is 24.2 Å². The minimum absolute atomic E-state index is 0.00699. The summed E-state index contributed by atoms with van der Waals surface area (Å²) in [5.41, 5.74) is 3.03. The summed E-state index contributed by atoms with van der Waals surface area (Å²) in [5.74, 6) is -2.57. The summed E-state index contributed by atoms with van der Waals surface area (Å²) < 4.78 is 21.5. The van der Waals surface area contributed by atoms with Crippen molar-refractivity contribution in [2.24, 2.45) is 11.7 Å². The molecule has 18 heteroatoms. The van der Waals surface area contributed by atoms with Crippen molar-refractivity contribution >= 4 is 42.0 Å². The summed E-state index contributed by atoms with van der Waals surface area (Å²) in [6.45, 7) is 18.7. The molecule has 344 valence electrons. The number of nitrogens with two attached hydrogens (primary N) is 1. The summed E-state index contributed by atoms with van der Waals surface area (Å²) in [4.78, 5) is 94.3. The normalized spacial score (nSPS) is 17.0. The van der Waals surface area contributed by atoms with Crippen LogP contribution in [0.5, 0.6) is 0 Å². The van der Waals surface area contributed by atoms with Gasteiger partial charge < -0.3 is 56.2 Å². The van der Waals surface area contributed by atoms with Crippen molar-refractivity contribution in [1.29, 1.82) is 0 Å². The van der Waals surface area contributed by atoms with Crippen LogP contribution in [-0.2, 0) is 44.5 Å². The van der Waals surface area contributed by atoms with E-state index in [2.05, 4.69) is 26.6 Å². The third-order valence-electron chi connectivity index (χ3n) is 8.89. The van der Waals surface area contributed by atoms with E-state index in [9.17, 15) is 33.6 Å². The van der Waals surface area contributed by atoms with E-state index < -0.39 is 82.4 Å². The van der Waals surface area contributed by atoms with E-state index in [1.807, 2.05) is 44.2 Å². The van der Waals surface area contributed by atoms with Crippen molar-refractivity contribution in [3.05, 3.63) is 35.9 Å². The van der Waals surface area contributed by atoms with E-state index in [-0.39, 0.29) is 64.4 Å². The molecule has 1 aromatic carbocycles. The first-order chi connectivity index (χ1) is 28.2. The van der Waals surface area contributed by atoms with Gasteiger partial charge in [0.05, 0.1) is 19.1 Å². The molecular weight excluding hydrogens is 791 g/mol. The Kier molecular flexibility index (Phi) is 19.8. The number of likely N-dealkylation sites (tertiary alicyclic amines) is 1. The van der Waals surface area contributed by atoms with Gasteiger partial charge in [-0.3, -0.25) is 14.4 Å². The smallest absolute Gasteiger partial charge is 0.408 e. The van der Waals surface area contributed by atoms with E-state index in [1.165, 1.54) is 4.90 Å². The molecule has 61 heavy (non-hydrogen) atoms. The zero-order chi connectivity index (χ0) is 46.2. The van der Waals surface area contributed by atoms with Crippen LogP contribution in [0.25, 0.3) is 0 Å². The largest absolute Gasteiger partial charge is 0.462 e. The Balaban J connectivity index is 2.32. The second kappa shape index (κ2) is 23.2. The zero-order valence-electron chi connectivity index (χ0n) is 38.0. The lowest BCUT2D eigenvalue weighted by molar-refractivity contribution is -0.151. The molecule has 0 spiro atoms. The predicted octanol–water partition coefficient (Wildman–Crippen LogP) is 3.83. The molecule has 0 saturated carbocycles. The molecule has 6 amide bonds. The molecule has 4 atom stereocenters. The predicted molar refractivity (Wildman–Crippen MR) is 228 cm³/mol. The maximum atomic E-state index is 14.4. The van der Waals surface area contributed by atoms with Gasteiger partial charge in [0.2, 0.25) is 17.7 Å². The number of hydrogen-bond acceptors (Lipinski definition) is 12. The van der Waals surface area contributed by atoms with Gasteiger partial charge in [-0.05, 0) is 106 Å². The zero-order valence-corrected chi connectivity index (χ0v) is 38.0. The molecule has 1 saturated heterocycles. The Morgan fingerprint density at radius 2 is 1.28 bits per heavy atom. The van der Waals surface area contributed by atoms with E-state index in [0.717, 1.165) is 5.56 Å². The number of rotatable bonds is 19. The first-order valence-electron chi connectivity index (χ1n) is 21.0. The van der Waals surface area contributed by atoms with Gasteiger partial charge in [0.25, 0.3) is 0 Å². The van der Waals surface area contributed by atoms with Crippen molar-refractivity contribution in [2.75, 3.05) is 32.8 Å². The fourth-order valence-electron chi connectivity index (χ4n) is 6.24. The minimum Gasteiger partial charge on any atom is -0.462 e. The van der Waals surface area contributed by atoms with Crippen LogP contribution in [-0.4, -0.2) is 120 Å². The number of esters is 1. The quantitative estimate of drug-likeness (QED) is 0.0661. The number of unbranched alkanes of at least 4 members (excludes halogenated alkanes) is 1. The number of hydrogen-bond donors (Lipinski definition) is 6. The second-order valence-corrected chi connectivity index (χ2v) is 18.8. The van der Waals surface area contributed by atoms with E-state index in [1.54, 1.807) is 62.3 Å². The molecule has 7 N–H and O–H groups in total. The van der Waals surface area contributed by atoms with Gasteiger partial charge in [0, 0.05) is 19.5 Å². The molecule has 0 radical (unpaired) electrons. The van der Waals surface area contributed by atoms with Crippen molar-refractivity contribution in [3.8, 4) is 0 Å². The number of alkyl carbamates (subject to hydrolysis) is 3. The molecule has 1 aliphatic heterocycles. The van der Waals surface area contributed by atoms with Gasteiger partial charge in [-0.25, -0.2) is 19.2 Å².